The van der Waals surface area contributed by atoms with Crippen LogP contribution in [-0.4, -0.2) is 32.3 Å². The number of benzene rings is 3. The minimum absolute atomic E-state index is 0.0799. The van der Waals surface area contributed by atoms with Crippen molar-refractivity contribution in [1.29, 1.82) is 0 Å². The molecule has 30 heavy (non-hydrogen) atoms. The van der Waals surface area contributed by atoms with Gasteiger partial charge in [-0.3, -0.25) is 4.79 Å². The van der Waals surface area contributed by atoms with Crippen LogP contribution in [0.2, 0.25) is 0 Å². The second kappa shape index (κ2) is 9.56. The Morgan fingerprint density at radius 2 is 1.57 bits per heavy atom. The molecule has 0 spiro atoms. The number of methoxy groups -OCH3 is 1. The molecule has 0 bridgehead atoms. The molecule has 0 aliphatic carbocycles. The topological polar surface area (TPSA) is 75.7 Å². The molecule has 3 aromatic rings. The molecule has 0 heterocycles. The van der Waals surface area contributed by atoms with E-state index in [1.54, 1.807) is 24.3 Å². The molecule has 3 rings (SSSR count). The lowest BCUT2D eigenvalue weighted by Crippen LogP contribution is -2.37. The standard InChI is InChI=1S/C23H24N2O4S/c1-18-8-10-20(11-9-18)24-23(26)17-25(16-19-6-4-3-5-7-19)30(27,28)22-14-12-21(29-2)13-15-22/h3-15H,16-17H2,1-2H3,(H,24,26). The van der Waals surface area contributed by atoms with E-state index in [1.165, 1.54) is 23.5 Å². The first-order valence-corrected chi connectivity index (χ1v) is 10.9. The largest absolute Gasteiger partial charge is 0.497 e. The van der Waals surface area contributed by atoms with Crippen molar-refractivity contribution in [2.24, 2.45) is 0 Å². The number of aryl methyl sites for hydroxylation is 1. The van der Waals surface area contributed by atoms with Crippen LogP contribution in [0, 0.1) is 6.92 Å². The lowest BCUT2D eigenvalue weighted by atomic mass is 10.2. The van der Waals surface area contributed by atoms with Crippen molar-refractivity contribution in [3.63, 3.8) is 0 Å². The molecule has 1 amide bonds. The Hall–Kier alpha value is -3.16. The minimum Gasteiger partial charge on any atom is -0.497 e. The average molecular weight is 425 g/mol. The summed E-state index contributed by atoms with van der Waals surface area (Å²) >= 11 is 0. The summed E-state index contributed by atoms with van der Waals surface area (Å²) in [7, 11) is -2.39. The number of anilines is 1. The molecule has 0 aromatic heterocycles. The Balaban J connectivity index is 1.85. The van der Waals surface area contributed by atoms with Crippen LogP contribution in [0.3, 0.4) is 0 Å². The number of carbonyl (C=O) groups excluding carboxylic acids is 1. The second-order valence-corrected chi connectivity index (χ2v) is 8.79. The lowest BCUT2D eigenvalue weighted by molar-refractivity contribution is -0.116. The maximum Gasteiger partial charge on any atom is 0.243 e. The van der Waals surface area contributed by atoms with Gasteiger partial charge in [0.2, 0.25) is 15.9 Å². The van der Waals surface area contributed by atoms with Crippen LogP contribution in [0.15, 0.2) is 83.8 Å². The van der Waals surface area contributed by atoms with E-state index in [-0.39, 0.29) is 18.0 Å². The van der Waals surface area contributed by atoms with Gasteiger partial charge in [-0.15, -0.1) is 0 Å². The van der Waals surface area contributed by atoms with E-state index in [9.17, 15) is 13.2 Å². The molecule has 3 aromatic carbocycles. The number of hydrogen-bond donors (Lipinski definition) is 1. The first-order valence-electron chi connectivity index (χ1n) is 9.43. The molecule has 0 radical (unpaired) electrons. The molecule has 0 atom stereocenters. The SMILES string of the molecule is COc1ccc(S(=O)(=O)N(CC(=O)Nc2ccc(C)cc2)Cc2ccccc2)cc1. The zero-order valence-corrected chi connectivity index (χ0v) is 17.7. The van der Waals surface area contributed by atoms with E-state index in [4.69, 9.17) is 4.74 Å². The minimum atomic E-state index is -3.90. The highest BCUT2D eigenvalue weighted by molar-refractivity contribution is 7.89. The first-order chi connectivity index (χ1) is 14.4. The predicted octanol–water partition coefficient (Wildman–Crippen LogP) is 3.83. The van der Waals surface area contributed by atoms with Crippen LogP contribution < -0.4 is 10.1 Å². The third-order valence-electron chi connectivity index (χ3n) is 4.55. The Labute approximate surface area is 177 Å². The lowest BCUT2D eigenvalue weighted by Gasteiger charge is -2.22. The molecule has 6 nitrogen and oxygen atoms in total. The summed E-state index contributed by atoms with van der Waals surface area (Å²) in [4.78, 5) is 12.7. The van der Waals surface area contributed by atoms with Gasteiger partial charge in [0.1, 0.15) is 5.75 Å². The van der Waals surface area contributed by atoms with E-state index in [0.717, 1.165) is 11.1 Å². The monoisotopic (exact) mass is 424 g/mol. The van der Waals surface area contributed by atoms with Crippen molar-refractivity contribution in [3.05, 3.63) is 90.0 Å². The summed E-state index contributed by atoms with van der Waals surface area (Å²) in [5, 5.41) is 2.76. The van der Waals surface area contributed by atoms with Gasteiger partial charge in [0, 0.05) is 12.2 Å². The number of rotatable bonds is 8. The molecule has 156 valence electrons. The van der Waals surface area contributed by atoms with Crippen molar-refractivity contribution < 1.29 is 17.9 Å². The van der Waals surface area contributed by atoms with Crippen molar-refractivity contribution in [3.8, 4) is 5.75 Å². The van der Waals surface area contributed by atoms with Crippen LogP contribution in [0.4, 0.5) is 5.69 Å². The Kier molecular flexibility index (Phi) is 6.87. The van der Waals surface area contributed by atoms with Crippen molar-refractivity contribution >= 4 is 21.6 Å². The van der Waals surface area contributed by atoms with E-state index >= 15 is 0 Å². The van der Waals surface area contributed by atoms with E-state index < -0.39 is 15.9 Å². The molecular formula is C23H24N2O4S. The number of nitrogens with one attached hydrogen (secondary N) is 1. The summed E-state index contributed by atoms with van der Waals surface area (Å²) in [5.41, 5.74) is 2.48. The van der Waals surface area contributed by atoms with Gasteiger partial charge >= 0.3 is 0 Å². The highest BCUT2D eigenvalue weighted by Gasteiger charge is 2.27. The number of carbonyl (C=O) groups is 1. The summed E-state index contributed by atoms with van der Waals surface area (Å²) < 4.78 is 32.8. The molecule has 0 unspecified atom stereocenters. The molecule has 0 fully saturated rings. The summed E-state index contributed by atoms with van der Waals surface area (Å²) in [6.45, 7) is 1.72. The molecule has 7 heteroatoms. The molecule has 0 saturated heterocycles. The maximum absolute atomic E-state index is 13.3. The zero-order valence-electron chi connectivity index (χ0n) is 16.9. The van der Waals surface area contributed by atoms with E-state index in [1.807, 2.05) is 49.4 Å². The smallest absolute Gasteiger partial charge is 0.243 e. The molecule has 0 aliphatic rings. The zero-order chi connectivity index (χ0) is 21.6. The highest BCUT2D eigenvalue weighted by Crippen LogP contribution is 2.21. The van der Waals surface area contributed by atoms with E-state index in [2.05, 4.69) is 5.32 Å². The third-order valence-corrected chi connectivity index (χ3v) is 6.36. The number of amides is 1. The Morgan fingerprint density at radius 3 is 2.17 bits per heavy atom. The Bertz CT molecular complexity index is 1080. The average Bonchev–Trinajstić information content (AvgIpc) is 2.75. The molecular weight excluding hydrogens is 400 g/mol. The van der Waals surface area contributed by atoms with Gasteiger partial charge in [-0.25, -0.2) is 8.42 Å². The van der Waals surface area contributed by atoms with E-state index in [0.29, 0.717) is 11.4 Å². The third kappa shape index (κ3) is 5.46. The van der Waals surface area contributed by atoms with Crippen molar-refractivity contribution in [2.75, 3.05) is 19.0 Å². The van der Waals surface area contributed by atoms with Gasteiger partial charge in [-0.2, -0.15) is 4.31 Å². The van der Waals surface area contributed by atoms with Gasteiger partial charge in [0.15, 0.2) is 0 Å². The van der Waals surface area contributed by atoms with Crippen LogP contribution >= 0.6 is 0 Å². The first kappa shape index (κ1) is 21.5. The normalized spacial score (nSPS) is 11.3. The fraction of sp³-hybridized carbons (Fsp3) is 0.174. The van der Waals surface area contributed by atoms with Crippen molar-refractivity contribution in [2.45, 2.75) is 18.4 Å². The summed E-state index contributed by atoms with van der Waals surface area (Å²) in [6, 6.07) is 22.6. The van der Waals surface area contributed by atoms with Gasteiger partial charge in [-0.05, 0) is 48.9 Å². The second-order valence-electron chi connectivity index (χ2n) is 6.85. The van der Waals surface area contributed by atoms with Gasteiger partial charge in [-0.1, -0.05) is 48.0 Å². The van der Waals surface area contributed by atoms with Crippen LogP contribution in [-0.2, 0) is 21.4 Å². The molecule has 1 N–H and O–H groups in total. The number of nitrogens with zero attached hydrogens (tertiary/aromatic N) is 1. The Morgan fingerprint density at radius 1 is 0.933 bits per heavy atom. The summed E-state index contributed by atoms with van der Waals surface area (Å²) in [6.07, 6.45) is 0. The summed E-state index contributed by atoms with van der Waals surface area (Å²) in [5.74, 6) is 0.146. The van der Waals surface area contributed by atoms with Gasteiger partial charge in [0.05, 0.1) is 18.6 Å². The predicted molar refractivity (Wildman–Crippen MR) is 117 cm³/mol. The van der Waals surface area contributed by atoms with Gasteiger partial charge < -0.3 is 10.1 Å². The van der Waals surface area contributed by atoms with Crippen LogP contribution in [0.25, 0.3) is 0 Å². The molecule has 0 saturated carbocycles. The highest BCUT2D eigenvalue weighted by atomic mass is 32.2. The maximum atomic E-state index is 13.3. The van der Waals surface area contributed by atoms with Crippen LogP contribution in [0.5, 0.6) is 5.75 Å². The fourth-order valence-corrected chi connectivity index (χ4v) is 4.29. The molecule has 0 aliphatic heterocycles. The number of hydrogen-bond acceptors (Lipinski definition) is 4. The van der Waals surface area contributed by atoms with Crippen molar-refractivity contribution in [1.82, 2.24) is 4.31 Å². The van der Waals surface area contributed by atoms with Crippen LogP contribution in [0.1, 0.15) is 11.1 Å². The quantitative estimate of drug-likeness (QED) is 0.596. The number of ether oxygens (including phenoxy) is 1. The fourth-order valence-electron chi connectivity index (χ4n) is 2.91. The van der Waals surface area contributed by atoms with Gasteiger partial charge in [0.25, 0.3) is 0 Å². The number of sulfonamides is 1.